The van der Waals surface area contributed by atoms with E-state index in [4.69, 9.17) is 0 Å². The van der Waals surface area contributed by atoms with Gasteiger partial charge in [-0.3, -0.25) is 0 Å². The summed E-state index contributed by atoms with van der Waals surface area (Å²) in [5.41, 5.74) is 3.31. The Morgan fingerprint density at radius 3 is 2.10 bits per heavy atom. The summed E-state index contributed by atoms with van der Waals surface area (Å²) in [7, 11) is 0. The summed E-state index contributed by atoms with van der Waals surface area (Å²) in [5, 5.41) is 10.8. The Hall–Kier alpha value is -1.60. The molecule has 0 aromatic heterocycles. The number of hydrogen-bond donors (Lipinski definition) is 1. The van der Waals surface area contributed by atoms with Crippen LogP contribution in [-0.4, -0.2) is 5.11 Å². The zero-order chi connectivity index (χ0) is 14.9. The zero-order valence-corrected chi connectivity index (χ0v) is 12.9. The lowest BCUT2D eigenvalue weighted by atomic mass is 9.75. The molecule has 1 aliphatic rings. The van der Waals surface area contributed by atoms with E-state index in [2.05, 4.69) is 50.2 Å². The fourth-order valence-corrected chi connectivity index (χ4v) is 3.13. The summed E-state index contributed by atoms with van der Waals surface area (Å²) in [6, 6.07) is 18.9. The van der Waals surface area contributed by atoms with Crippen LogP contribution in [0.2, 0.25) is 0 Å². The van der Waals surface area contributed by atoms with Gasteiger partial charge in [-0.25, -0.2) is 0 Å². The Labute approximate surface area is 127 Å². The molecule has 1 aliphatic carbocycles. The largest absolute Gasteiger partial charge is 0.388 e. The molecule has 1 fully saturated rings. The smallest absolute Gasteiger partial charge is 0.0881 e. The first kappa shape index (κ1) is 14.3. The predicted molar refractivity (Wildman–Crippen MR) is 87.5 cm³/mol. The van der Waals surface area contributed by atoms with E-state index in [1.165, 1.54) is 30.4 Å². The van der Waals surface area contributed by atoms with E-state index in [9.17, 15) is 5.11 Å². The average molecular weight is 280 g/mol. The van der Waals surface area contributed by atoms with Gasteiger partial charge in [0.15, 0.2) is 0 Å². The second-order valence-electron chi connectivity index (χ2n) is 6.78. The lowest BCUT2D eigenvalue weighted by Crippen LogP contribution is -2.26. The fraction of sp³-hybridized carbons (Fsp3) is 0.400. The molecule has 21 heavy (non-hydrogen) atoms. The molecule has 1 nitrogen and oxygen atoms in total. The summed E-state index contributed by atoms with van der Waals surface area (Å²) >= 11 is 0. The maximum Gasteiger partial charge on any atom is 0.0881 e. The molecule has 110 valence electrons. The molecular weight excluding hydrogens is 256 g/mol. The van der Waals surface area contributed by atoms with Crippen LogP contribution in [0.5, 0.6) is 0 Å². The van der Waals surface area contributed by atoms with Gasteiger partial charge in [-0.05, 0) is 35.4 Å². The third-order valence-corrected chi connectivity index (χ3v) is 5.03. The SMILES string of the molecule is CC(C)(c1ccccc1)C(O)c1ccc(C2CCC2)cc1. The molecular formula is C20H24O. The van der Waals surface area contributed by atoms with Gasteiger partial charge in [-0.1, -0.05) is 74.9 Å². The van der Waals surface area contributed by atoms with Crippen LogP contribution in [0.1, 0.15) is 61.8 Å². The van der Waals surface area contributed by atoms with Crippen molar-refractivity contribution < 1.29 is 5.11 Å². The lowest BCUT2D eigenvalue weighted by Gasteiger charge is -2.32. The fourth-order valence-electron chi connectivity index (χ4n) is 3.13. The van der Waals surface area contributed by atoms with Crippen LogP contribution >= 0.6 is 0 Å². The van der Waals surface area contributed by atoms with Crippen molar-refractivity contribution in [1.29, 1.82) is 0 Å². The van der Waals surface area contributed by atoms with Gasteiger partial charge in [0.25, 0.3) is 0 Å². The molecule has 1 N–H and O–H groups in total. The van der Waals surface area contributed by atoms with Crippen LogP contribution < -0.4 is 0 Å². The predicted octanol–water partition coefficient (Wildman–Crippen LogP) is 4.97. The second-order valence-corrected chi connectivity index (χ2v) is 6.78. The number of aliphatic hydroxyl groups excluding tert-OH is 1. The van der Waals surface area contributed by atoms with E-state index < -0.39 is 6.10 Å². The van der Waals surface area contributed by atoms with E-state index in [-0.39, 0.29) is 5.41 Å². The molecule has 0 saturated heterocycles. The molecule has 3 rings (SSSR count). The minimum Gasteiger partial charge on any atom is -0.388 e. The third kappa shape index (κ3) is 2.75. The molecule has 0 heterocycles. The highest BCUT2D eigenvalue weighted by atomic mass is 16.3. The van der Waals surface area contributed by atoms with Gasteiger partial charge in [-0.2, -0.15) is 0 Å². The summed E-state index contributed by atoms with van der Waals surface area (Å²) in [6.45, 7) is 4.21. The molecule has 0 aliphatic heterocycles. The Kier molecular flexibility index (Phi) is 3.86. The topological polar surface area (TPSA) is 20.2 Å². The van der Waals surface area contributed by atoms with Crippen molar-refractivity contribution >= 4 is 0 Å². The normalized spacial score (nSPS) is 17.3. The van der Waals surface area contributed by atoms with Crippen LogP contribution in [0.15, 0.2) is 54.6 Å². The van der Waals surface area contributed by atoms with Crippen molar-refractivity contribution in [2.24, 2.45) is 0 Å². The van der Waals surface area contributed by atoms with Crippen molar-refractivity contribution in [3.05, 3.63) is 71.3 Å². The summed E-state index contributed by atoms with van der Waals surface area (Å²) in [4.78, 5) is 0. The first-order valence-corrected chi connectivity index (χ1v) is 7.92. The lowest BCUT2D eigenvalue weighted by molar-refractivity contribution is 0.100. The van der Waals surface area contributed by atoms with Crippen molar-refractivity contribution in [1.82, 2.24) is 0 Å². The number of hydrogen-bond acceptors (Lipinski definition) is 1. The van der Waals surface area contributed by atoms with Gasteiger partial charge in [0.05, 0.1) is 6.10 Å². The van der Waals surface area contributed by atoms with E-state index >= 15 is 0 Å². The standard InChI is InChI=1S/C20H24O/c1-20(2,18-9-4-3-5-10-18)19(21)17-13-11-16(12-14-17)15-7-6-8-15/h3-5,9-15,19,21H,6-8H2,1-2H3. The van der Waals surface area contributed by atoms with Gasteiger partial charge < -0.3 is 5.11 Å². The van der Waals surface area contributed by atoms with Crippen molar-refractivity contribution in [3.8, 4) is 0 Å². The Bertz CT molecular complexity index is 579. The highest BCUT2D eigenvalue weighted by molar-refractivity contribution is 5.33. The van der Waals surface area contributed by atoms with Crippen molar-refractivity contribution in [3.63, 3.8) is 0 Å². The van der Waals surface area contributed by atoms with E-state index in [0.717, 1.165) is 11.5 Å². The van der Waals surface area contributed by atoms with Gasteiger partial charge in [0.2, 0.25) is 0 Å². The minimum absolute atomic E-state index is 0.292. The van der Waals surface area contributed by atoms with Crippen LogP contribution in [-0.2, 0) is 5.41 Å². The Morgan fingerprint density at radius 1 is 0.952 bits per heavy atom. The van der Waals surface area contributed by atoms with E-state index in [1.807, 2.05) is 18.2 Å². The van der Waals surface area contributed by atoms with Crippen LogP contribution in [0.4, 0.5) is 0 Å². The van der Waals surface area contributed by atoms with E-state index in [1.54, 1.807) is 0 Å². The summed E-state index contributed by atoms with van der Waals surface area (Å²) < 4.78 is 0. The summed E-state index contributed by atoms with van der Waals surface area (Å²) in [5.74, 6) is 0.748. The first-order chi connectivity index (χ1) is 10.1. The van der Waals surface area contributed by atoms with Gasteiger partial charge in [0, 0.05) is 5.41 Å². The van der Waals surface area contributed by atoms with Crippen LogP contribution in [0.25, 0.3) is 0 Å². The molecule has 1 heteroatoms. The summed E-state index contributed by atoms with van der Waals surface area (Å²) in [6.07, 6.45) is 3.50. The molecule has 0 bridgehead atoms. The molecule has 0 spiro atoms. The van der Waals surface area contributed by atoms with Gasteiger partial charge in [-0.15, -0.1) is 0 Å². The molecule has 1 saturated carbocycles. The number of rotatable bonds is 4. The molecule has 2 aromatic carbocycles. The molecule has 0 radical (unpaired) electrons. The van der Waals surface area contributed by atoms with Crippen molar-refractivity contribution in [2.75, 3.05) is 0 Å². The average Bonchev–Trinajstić information content (AvgIpc) is 2.46. The maximum atomic E-state index is 10.8. The second kappa shape index (κ2) is 5.65. The molecule has 2 aromatic rings. The molecule has 1 atom stereocenters. The Balaban J connectivity index is 1.82. The highest BCUT2D eigenvalue weighted by Gasteiger charge is 2.31. The molecule has 0 amide bonds. The first-order valence-electron chi connectivity index (χ1n) is 7.92. The third-order valence-electron chi connectivity index (χ3n) is 5.03. The molecule has 1 unspecified atom stereocenters. The quantitative estimate of drug-likeness (QED) is 0.838. The van der Waals surface area contributed by atoms with Gasteiger partial charge in [0.1, 0.15) is 0 Å². The van der Waals surface area contributed by atoms with Crippen molar-refractivity contribution in [2.45, 2.75) is 50.5 Å². The number of benzene rings is 2. The zero-order valence-electron chi connectivity index (χ0n) is 12.9. The van der Waals surface area contributed by atoms with Crippen LogP contribution in [0, 0.1) is 0 Å². The minimum atomic E-state index is -0.490. The highest BCUT2D eigenvalue weighted by Crippen LogP contribution is 2.39. The monoisotopic (exact) mass is 280 g/mol. The van der Waals surface area contributed by atoms with E-state index in [0.29, 0.717) is 0 Å². The maximum absolute atomic E-state index is 10.8. The Morgan fingerprint density at radius 2 is 1.57 bits per heavy atom. The number of aliphatic hydroxyl groups is 1. The van der Waals surface area contributed by atoms with Crippen LogP contribution in [0.3, 0.4) is 0 Å². The van der Waals surface area contributed by atoms with Gasteiger partial charge >= 0.3 is 0 Å².